The first-order chi connectivity index (χ1) is 12.8. The van der Waals surface area contributed by atoms with Crippen molar-refractivity contribution >= 4 is 38.0 Å². The first kappa shape index (κ1) is 17.8. The van der Waals surface area contributed by atoms with Gasteiger partial charge in [-0.25, -0.2) is 9.97 Å². The Balaban J connectivity index is 1.99. The summed E-state index contributed by atoms with van der Waals surface area (Å²) in [5.41, 5.74) is 2.25. The smallest absolute Gasteiger partial charge is 0.403 e. The molecule has 4 aromatic rings. The molecule has 0 saturated heterocycles. The van der Waals surface area contributed by atoms with Gasteiger partial charge in [0.05, 0.1) is 11.2 Å². The average Bonchev–Trinajstić information content (AvgIpc) is 3.10. The third-order valence-corrected chi connectivity index (χ3v) is 4.78. The second-order valence-corrected chi connectivity index (χ2v) is 6.92. The van der Waals surface area contributed by atoms with Crippen LogP contribution in [0.1, 0.15) is 6.92 Å². The number of alkyl halides is 3. The van der Waals surface area contributed by atoms with Crippen LogP contribution in [0.3, 0.4) is 0 Å². The van der Waals surface area contributed by atoms with E-state index in [1.165, 1.54) is 6.07 Å². The topological polar surface area (TPSA) is 44.9 Å². The second-order valence-electron chi connectivity index (χ2n) is 6.00. The maximum Gasteiger partial charge on any atom is 0.573 e. The molecule has 0 aliphatic heterocycles. The molecule has 3 heterocycles. The Morgan fingerprint density at radius 2 is 2.00 bits per heavy atom. The molecule has 1 aromatic carbocycles. The van der Waals surface area contributed by atoms with Crippen molar-refractivity contribution in [2.45, 2.75) is 19.8 Å². The van der Waals surface area contributed by atoms with Crippen LogP contribution in [0.2, 0.25) is 0 Å². The molecule has 0 radical (unpaired) electrons. The number of benzene rings is 1. The lowest BCUT2D eigenvalue weighted by atomic mass is 10.3. The van der Waals surface area contributed by atoms with Gasteiger partial charge in [-0.05, 0) is 37.3 Å². The number of hydrogen-bond donors (Lipinski definition) is 0. The number of aryl methyl sites for hydroxylation is 2. The standard InChI is InChI=1S/C18H14BrF3N4O/c1-3-26-13(7-10-5-4-6-23-16(10)26)17-24-12-8-11(19)9-14(15(12)25(17)2)27-18(20,21)22/h4-9H,3H2,1-2H3. The first-order valence-corrected chi connectivity index (χ1v) is 8.94. The molecule has 9 heteroatoms. The van der Waals surface area contributed by atoms with E-state index in [4.69, 9.17) is 0 Å². The zero-order valence-electron chi connectivity index (χ0n) is 14.4. The Hall–Kier alpha value is -2.55. The van der Waals surface area contributed by atoms with E-state index in [9.17, 15) is 13.2 Å². The average molecular weight is 439 g/mol. The van der Waals surface area contributed by atoms with Gasteiger partial charge in [-0.15, -0.1) is 13.2 Å². The van der Waals surface area contributed by atoms with Gasteiger partial charge in [0.15, 0.2) is 11.6 Å². The van der Waals surface area contributed by atoms with Crippen molar-refractivity contribution in [1.82, 2.24) is 19.1 Å². The minimum absolute atomic E-state index is 0.270. The number of nitrogens with zero attached hydrogens (tertiary/aromatic N) is 4. The van der Waals surface area contributed by atoms with Gasteiger partial charge in [0, 0.05) is 29.6 Å². The number of imidazole rings is 1. The zero-order valence-corrected chi connectivity index (χ0v) is 16.0. The van der Waals surface area contributed by atoms with E-state index in [1.54, 1.807) is 23.9 Å². The predicted molar refractivity (Wildman–Crippen MR) is 99.5 cm³/mol. The Labute approximate surface area is 160 Å². The quantitative estimate of drug-likeness (QED) is 0.437. The highest BCUT2D eigenvalue weighted by Gasteiger charge is 2.33. The van der Waals surface area contributed by atoms with Gasteiger partial charge in [-0.3, -0.25) is 0 Å². The Morgan fingerprint density at radius 3 is 2.70 bits per heavy atom. The Morgan fingerprint density at radius 1 is 1.22 bits per heavy atom. The molecule has 0 fully saturated rings. The van der Waals surface area contributed by atoms with E-state index < -0.39 is 6.36 Å². The fourth-order valence-corrected chi connectivity index (χ4v) is 3.73. The number of aromatic nitrogens is 4. The van der Waals surface area contributed by atoms with Crippen molar-refractivity contribution in [2.24, 2.45) is 7.05 Å². The Kier molecular flexibility index (Phi) is 4.14. The van der Waals surface area contributed by atoms with Crippen molar-refractivity contribution in [1.29, 1.82) is 0 Å². The van der Waals surface area contributed by atoms with E-state index in [1.807, 2.05) is 29.7 Å². The predicted octanol–water partition coefficient (Wildman–Crippen LogP) is 5.27. The fraction of sp³-hybridized carbons (Fsp3) is 0.222. The van der Waals surface area contributed by atoms with Crippen molar-refractivity contribution in [3.8, 4) is 17.3 Å². The maximum absolute atomic E-state index is 12.8. The Bertz CT molecular complexity index is 1160. The molecule has 0 unspecified atom stereocenters. The molecule has 140 valence electrons. The van der Waals surface area contributed by atoms with Gasteiger partial charge < -0.3 is 13.9 Å². The normalized spacial score (nSPS) is 12.2. The van der Waals surface area contributed by atoms with Crippen LogP contribution in [0.5, 0.6) is 5.75 Å². The molecule has 0 saturated carbocycles. The van der Waals surface area contributed by atoms with Gasteiger partial charge in [0.2, 0.25) is 0 Å². The minimum atomic E-state index is -4.79. The monoisotopic (exact) mass is 438 g/mol. The van der Waals surface area contributed by atoms with Gasteiger partial charge in [0.25, 0.3) is 0 Å². The minimum Gasteiger partial charge on any atom is -0.403 e. The molecule has 4 rings (SSSR count). The summed E-state index contributed by atoms with van der Waals surface area (Å²) in [4.78, 5) is 8.98. The number of halogens is 4. The van der Waals surface area contributed by atoms with Crippen molar-refractivity contribution in [2.75, 3.05) is 0 Å². The van der Waals surface area contributed by atoms with Crippen LogP contribution in [0.25, 0.3) is 33.6 Å². The molecule has 0 bridgehead atoms. The van der Waals surface area contributed by atoms with Crippen molar-refractivity contribution in [3.63, 3.8) is 0 Å². The lowest BCUT2D eigenvalue weighted by Gasteiger charge is -2.12. The number of pyridine rings is 1. The lowest BCUT2D eigenvalue weighted by Crippen LogP contribution is -2.17. The van der Waals surface area contributed by atoms with Crippen LogP contribution in [-0.2, 0) is 13.6 Å². The van der Waals surface area contributed by atoms with Gasteiger partial charge in [-0.1, -0.05) is 15.9 Å². The van der Waals surface area contributed by atoms with Crippen molar-refractivity contribution in [3.05, 3.63) is 41.0 Å². The third kappa shape index (κ3) is 3.05. The molecular weight excluding hydrogens is 425 g/mol. The molecule has 3 aromatic heterocycles. The summed E-state index contributed by atoms with van der Waals surface area (Å²) in [5.74, 6) is 0.236. The van der Waals surface area contributed by atoms with Crippen LogP contribution in [-0.4, -0.2) is 25.5 Å². The van der Waals surface area contributed by atoms with E-state index in [-0.39, 0.29) is 11.3 Å². The number of ether oxygens (including phenoxy) is 1. The second kappa shape index (κ2) is 6.26. The highest BCUT2D eigenvalue weighted by Crippen LogP contribution is 2.37. The van der Waals surface area contributed by atoms with Crippen LogP contribution in [0.4, 0.5) is 13.2 Å². The highest BCUT2D eigenvalue weighted by atomic mass is 79.9. The SMILES string of the molecule is CCn1c(-c2nc3cc(Br)cc(OC(F)(F)F)c3n2C)cc2cccnc21. The molecular formula is C18H14BrF3N4O. The van der Waals surface area contributed by atoms with Gasteiger partial charge >= 0.3 is 6.36 Å². The van der Waals surface area contributed by atoms with Crippen LogP contribution < -0.4 is 4.74 Å². The number of fused-ring (bicyclic) bond motifs is 2. The maximum atomic E-state index is 12.8. The van der Waals surface area contributed by atoms with E-state index in [0.29, 0.717) is 22.4 Å². The van der Waals surface area contributed by atoms with E-state index in [0.717, 1.165) is 16.7 Å². The first-order valence-electron chi connectivity index (χ1n) is 8.15. The summed E-state index contributed by atoms with van der Waals surface area (Å²) in [6.07, 6.45) is -3.08. The molecule has 0 amide bonds. The summed E-state index contributed by atoms with van der Waals surface area (Å²) < 4.78 is 46.8. The fourth-order valence-electron chi connectivity index (χ4n) is 3.30. The molecule has 0 aliphatic rings. The van der Waals surface area contributed by atoms with Crippen LogP contribution in [0.15, 0.2) is 41.0 Å². The van der Waals surface area contributed by atoms with Crippen LogP contribution in [0, 0.1) is 0 Å². The molecule has 0 atom stereocenters. The van der Waals surface area contributed by atoms with E-state index >= 15 is 0 Å². The number of rotatable bonds is 3. The molecule has 0 spiro atoms. The summed E-state index contributed by atoms with van der Waals surface area (Å²) in [6.45, 7) is 2.63. The van der Waals surface area contributed by atoms with Gasteiger partial charge in [-0.2, -0.15) is 0 Å². The molecule has 0 aliphatic carbocycles. The summed E-state index contributed by atoms with van der Waals surface area (Å²) in [6, 6.07) is 8.67. The summed E-state index contributed by atoms with van der Waals surface area (Å²) in [7, 11) is 1.67. The molecule has 5 nitrogen and oxygen atoms in total. The summed E-state index contributed by atoms with van der Waals surface area (Å²) >= 11 is 3.23. The molecule has 0 N–H and O–H groups in total. The lowest BCUT2D eigenvalue weighted by molar-refractivity contribution is -0.274. The zero-order chi connectivity index (χ0) is 19.3. The third-order valence-electron chi connectivity index (χ3n) is 4.33. The number of hydrogen-bond acceptors (Lipinski definition) is 3. The van der Waals surface area contributed by atoms with Gasteiger partial charge in [0.1, 0.15) is 11.2 Å². The highest BCUT2D eigenvalue weighted by molar-refractivity contribution is 9.10. The van der Waals surface area contributed by atoms with E-state index in [2.05, 4.69) is 30.6 Å². The van der Waals surface area contributed by atoms with Crippen LogP contribution >= 0.6 is 15.9 Å². The molecule has 27 heavy (non-hydrogen) atoms. The largest absolute Gasteiger partial charge is 0.573 e. The van der Waals surface area contributed by atoms with Crippen molar-refractivity contribution < 1.29 is 17.9 Å². The summed E-state index contributed by atoms with van der Waals surface area (Å²) in [5, 5.41) is 0.939.